The fraction of sp³-hybridized carbons (Fsp3) is 0. The maximum atomic E-state index is 5.74. The van der Waals surface area contributed by atoms with Crippen LogP contribution in [-0.4, -0.2) is 15.4 Å². The summed E-state index contributed by atoms with van der Waals surface area (Å²) in [6.45, 7) is 0. The minimum absolute atomic E-state index is 0.470. The molecule has 0 aliphatic rings. The predicted octanol–water partition coefficient (Wildman–Crippen LogP) is 1.19. The smallest absolute Gasteiger partial charge is 0.137 e. The molecule has 0 spiro atoms. The van der Waals surface area contributed by atoms with Crippen LogP contribution in [0.2, 0.25) is 5.02 Å². The first kappa shape index (κ1) is 6.42. The molecule has 56 valence electrons. The number of aromatic amines is 1. The minimum atomic E-state index is 0.470. The van der Waals surface area contributed by atoms with Gasteiger partial charge in [-0.25, -0.2) is 0 Å². The van der Waals surface area contributed by atoms with Crippen molar-refractivity contribution in [3.8, 4) is 0 Å². The number of nitrogens with one attached hydrogen (secondary N) is 1. The summed E-state index contributed by atoms with van der Waals surface area (Å²) in [6, 6.07) is 3.46. The number of fused-ring (bicyclic) bond motifs is 1. The Bertz CT molecular complexity index is 394. The van der Waals surface area contributed by atoms with Gasteiger partial charge in [0.2, 0.25) is 0 Å². The summed E-state index contributed by atoms with van der Waals surface area (Å²) >= 11 is 5.74. The Morgan fingerprint density at radius 2 is 2.18 bits per heavy atom. The van der Waals surface area contributed by atoms with Crippen molar-refractivity contribution in [1.82, 2.24) is 15.4 Å². The van der Waals surface area contributed by atoms with Gasteiger partial charge in [-0.2, -0.15) is 15.4 Å². The van der Waals surface area contributed by atoms with Crippen LogP contribution in [0.15, 0.2) is 12.1 Å². The van der Waals surface area contributed by atoms with Crippen LogP contribution in [0.1, 0.15) is 0 Å². The van der Waals surface area contributed by atoms with Crippen molar-refractivity contribution in [3.05, 3.63) is 17.2 Å². The van der Waals surface area contributed by atoms with E-state index in [1.807, 2.05) is 0 Å². The Morgan fingerprint density at radius 3 is 3.00 bits per heavy atom. The molecule has 4 nitrogen and oxygen atoms in total. The molecule has 1 heterocycles. The monoisotopic (exact) mass is 168 g/mol. The zero-order chi connectivity index (χ0) is 7.84. The maximum absolute atomic E-state index is 5.74. The molecule has 5 heteroatoms. The molecule has 1 aromatic heterocycles. The molecule has 0 bridgehead atoms. The summed E-state index contributed by atoms with van der Waals surface area (Å²) in [5, 5.41) is 10.7. The molecule has 2 aromatic rings. The van der Waals surface area contributed by atoms with Crippen molar-refractivity contribution in [2.24, 2.45) is 0 Å². The summed E-state index contributed by atoms with van der Waals surface area (Å²) in [5.74, 6) is 0. The van der Waals surface area contributed by atoms with Gasteiger partial charge in [0.1, 0.15) is 11.0 Å². The normalized spacial score (nSPS) is 10.6. The van der Waals surface area contributed by atoms with Crippen LogP contribution in [0.25, 0.3) is 11.0 Å². The lowest BCUT2D eigenvalue weighted by atomic mass is 10.3. The van der Waals surface area contributed by atoms with E-state index in [9.17, 15) is 0 Å². The third-order valence-corrected chi connectivity index (χ3v) is 1.80. The molecule has 0 saturated carbocycles. The van der Waals surface area contributed by atoms with Gasteiger partial charge in [-0.3, -0.25) is 0 Å². The summed E-state index contributed by atoms with van der Waals surface area (Å²) < 4.78 is 0. The van der Waals surface area contributed by atoms with Crippen molar-refractivity contribution >= 4 is 28.3 Å². The third kappa shape index (κ3) is 0.832. The van der Waals surface area contributed by atoms with E-state index in [4.69, 9.17) is 17.3 Å². The number of nitrogens with two attached hydrogens (primary N) is 1. The average Bonchev–Trinajstić information content (AvgIpc) is 2.45. The second-order valence-corrected chi connectivity index (χ2v) is 2.56. The van der Waals surface area contributed by atoms with Crippen molar-refractivity contribution in [2.45, 2.75) is 0 Å². The van der Waals surface area contributed by atoms with Gasteiger partial charge >= 0.3 is 0 Å². The number of hydrogen-bond acceptors (Lipinski definition) is 3. The van der Waals surface area contributed by atoms with Crippen molar-refractivity contribution in [1.29, 1.82) is 0 Å². The minimum Gasteiger partial charge on any atom is -0.396 e. The molecule has 0 aliphatic carbocycles. The standard InChI is InChI=1S/C6H5ClN4/c7-3-1-2-4-6(5(3)8)10-11-9-4/h1-2H,8H2,(H,9,10,11). The van der Waals surface area contributed by atoms with E-state index in [-0.39, 0.29) is 0 Å². The molecule has 2 rings (SSSR count). The largest absolute Gasteiger partial charge is 0.396 e. The van der Waals surface area contributed by atoms with Gasteiger partial charge in [0.25, 0.3) is 0 Å². The van der Waals surface area contributed by atoms with E-state index in [0.29, 0.717) is 16.2 Å². The molecule has 3 N–H and O–H groups in total. The molecule has 1 aromatic carbocycles. The van der Waals surface area contributed by atoms with Crippen LogP contribution in [0.5, 0.6) is 0 Å². The van der Waals surface area contributed by atoms with Crippen LogP contribution in [0.4, 0.5) is 5.69 Å². The molecule has 0 aliphatic heterocycles. The Balaban J connectivity index is 2.93. The Hall–Kier alpha value is -1.29. The van der Waals surface area contributed by atoms with Crippen LogP contribution in [0.3, 0.4) is 0 Å². The molecule has 0 unspecified atom stereocenters. The highest BCUT2D eigenvalue weighted by molar-refractivity contribution is 6.34. The number of H-pyrrole nitrogens is 1. The first-order valence-electron chi connectivity index (χ1n) is 3.03. The summed E-state index contributed by atoms with van der Waals surface area (Å²) in [5.41, 5.74) is 7.43. The SMILES string of the molecule is Nc1c(Cl)ccc2n[nH]nc12. The number of aromatic nitrogens is 3. The lowest BCUT2D eigenvalue weighted by molar-refractivity contribution is 0.960. The molecule has 0 radical (unpaired) electrons. The summed E-state index contributed by atoms with van der Waals surface area (Å²) in [6.07, 6.45) is 0. The highest BCUT2D eigenvalue weighted by Gasteiger charge is 2.04. The first-order chi connectivity index (χ1) is 5.29. The molecule has 11 heavy (non-hydrogen) atoms. The summed E-state index contributed by atoms with van der Waals surface area (Å²) in [7, 11) is 0. The van der Waals surface area contributed by atoms with Gasteiger partial charge in [0, 0.05) is 0 Å². The van der Waals surface area contributed by atoms with Crippen molar-refractivity contribution < 1.29 is 0 Å². The van der Waals surface area contributed by atoms with E-state index in [2.05, 4.69) is 15.4 Å². The van der Waals surface area contributed by atoms with Crippen LogP contribution in [-0.2, 0) is 0 Å². The third-order valence-electron chi connectivity index (χ3n) is 1.47. The average molecular weight is 169 g/mol. The topological polar surface area (TPSA) is 67.6 Å². The quantitative estimate of drug-likeness (QED) is 0.581. The first-order valence-corrected chi connectivity index (χ1v) is 3.41. The molecule has 0 atom stereocenters. The number of anilines is 1. The van der Waals surface area contributed by atoms with Crippen LogP contribution < -0.4 is 5.73 Å². The zero-order valence-electron chi connectivity index (χ0n) is 5.50. The van der Waals surface area contributed by atoms with E-state index in [0.717, 1.165) is 5.52 Å². The number of nitrogens with zero attached hydrogens (tertiary/aromatic N) is 2. The lowest BCUT2D eigenvalue weighted by Crippen LogP contribution is -1.87. The number of halogens is 1. The zero-order valence-corrected chi connectivity index (χ0v) is 6.26. The molecule has 0 fully saturated rings. The lowest BCUT2D eigenvalue weighted by Gasteiger charge is -1.94. The second-order valence-electron chi connectivity index (χ2n) is 2.15. The fourth-order valence-electron chi connectivity index (χ4n) is 0.908. The highest BCUT2D eigenvalue weighted by Crippen LogP contribution is 2.24. The fourth-order valence-corrected chi connectivity index (χ4v) is 1.06. The highest BCUT2D eigenvalue weighted by atomic mass is 35.5. The van der Waals surface area contributed by atoms with Gasteiger partial charge in [-0.05, 0) is 12.1 Å². The predicted molar refractivity (Wildman–Crippen MR) is 43.3 cm³/mol. The van der Waals surface area contributed by atoms with E-state index in [1.54, 1.807) is 12.1 Å². The van der Waals surface area contributed by atoms with Gasteiger partial charge in [0.05, 0.1) is 10.7 Å². The van der Waals surface area contributed by atoms with Crippen LogP contribution in [0, 0.1) is 0 Å². The molecule has 0 saturated heterocycles. The van der Waals surface area contributed by atoms with Gasteiger partial charge in [0.15, 0.2) is 0 Å². The van der Waals surface area contributed by atoms with Gasteiger partial charge in [-0.1, -0.05) is 11.6 Å². The van der Waals surface area contributed by atoms with Gasteiger partial charge < -0.3 is 5.73 Å². The van der Waals surface area contributed by atoms with E-state index < -0.39 is 0 Å². The summed E-state index contributed by atoms with van der Waals surface area (Å²) in [4.78, 5) is 0. The second kappa shape index (κ2) is 2.10. The Morgan fingerprint density at radius 1 is 1.36 bits per heavy atom. The van der Waals surface area contributed by atoms with Crippen LogP contribution >= 0.6 is 11.6 Å². The van der Waals surface area contributed by atoms with Gasteiger partial charge in [-0.15, -0.1) is 0 Å². The molecular weight excluding hydrogens is 164 g/mol. The van der Waals surface area contributed by atoms with Crippen molar-refractivity contribution in [2.75, 3.05) is 5.73 Å². The number of rotatable bonds is 0. The molecular formula is C6H5ClN4. The van der Waals surface area contributed by atoms with Crippen molar-refractivity contribution in [3.63, 3.8) is 0 Å². The number of benzene rings is 1. The van der Waals surface area contributed by atoms with E-state index >= 15 is 0 Å². The Labute approximate surface area is 67.3 Å². The Kier molecular flexibility index (Phi) is 1.22. The molecule has 0 amide bonds. The maximum Gasteiger partial charge on any atom is 0.137 e. The number of hydrogen-bond donors (Lipinski definition) is 2. The number of nitrogen functional groups attached to an aromatic ring is 1. The van der Waals surface area contributed by atoms with E-state index in [1.165, 1.54) is 0 Å².